The minimum absolute atomic E-state index is 0.00400. The van der Waals surface area contributed by atoms with E-state index in [-0.39, 0.29) is 30.4 Å². The van der Waals surface area contributed by atoms with Gasteiger partial charge < -0.3 is 20.3 Å². The van der Waals surface area contributed by atoms with Crippen LogP contribution in [0.3, 0.4) is 0 Å². The van der Waals surface area contributed by atoms with Crippen LogP contribution in [0, 0.1) is 6.92 Å². The Hall–Kier alpha value is -3.35. The van der Waals surface area contributed by atoms with Crippen LogP contribution in [-0.4, -0.2) is 48.4 Å². The predicted molar refractivity (Wildman–Crippen MR) is 124 cm³/mol. The highest BCUT2D eigenvalue weighted by molar-refractivity contribution is 6.05. The molecule has 32 heavy (non-hydrogen) atoms. The van der Waals surface area contributed by atoms with Gasteiger partial charge in [0.15, 0.2) is 6.61 Å². The molecule has 0 unspecified atom stereocenters. The third-order valence-corrected chi connectivity index (χ3v) is 5.36. The number of carbonyl (C=O) groups is 3. The van der Waals surface area contributed by atoms with Crippen molar-refractivity contribution < 1.29 is 19.1 Å². The van der Waals surface area contributed by atoms with Gasteiger partial charge in [-0.05, 0) is 82.0 Å². The predicted octanol–water partition coefficient (Wildman–Crippen LogP) is 3.78. The van der Waals surface area contributed by atoms with Crippen LogP contribution in [0.4, 0.5) is 5.69 Å². The zero-order chi connectivity index (χ0) is 23.1. The molecule has 1 saturated heterocycles. The maximum Gasteiger partial charge on any atom is 0.260 e. The zero-order valence-corrected chi connectivity index (χ0v) is 18.9. The van der Waals surface area contributed by atoms with Crippen molar-refractivity contribution in [3.05, 3.63) is 59.2 Å². The lowest BCUT2D eigenvalue weighted by molar-refractivity contribution is -0.134. The summed E-state index contributed by atoms with van der Waals surface area (Å²) < 4.78 is 5.60. The minimum atomic E-state index is -0.287. The fourth-order valence-electron chi connectivity index (χ4n) is 3.52. The topological polar surface area (TPSA) is 87.7 Å². The Labute approximate surface area is 189 Å². The Morgan fingerprint density at radius 3 is 2.25 bits per heavy atom. The molecule has 0 atom stereocenters. The Bertz CT molecular complexity index is 964. The quantitative estimate of drug-likeness (QED) is 0.690. The first-order valence-corrected chi connectivity index (χ1v) is 11.1. The highest BCUT2D eigenvalue weighted by Gasteiger charge is 2.17. The van der Waals surface area contributed by atoms with Gasteiger partial charge in [0.05, 0.1) is 0 Å². The molecule has 0 aliphatic carbocycles. The van der Waals surface area contributed by atoms with E-state index in [4.69, 9.17) is 4.74 Å². The van der Waals surface area contributed by atoms with E-state index in [1.165, 1.54) is 6.42 Å². The van der Waals surface area contributed by atoms with E-state index in [9.17, 15) is 14.4 Å². The molecule has 7 nitrogen and oxygen atoms in total. The van der Waals surface area contributed by atoms with Crippen molar-refractivity contribution in [3.8, 4) is 5.75 Å². The average Bonchev–Trinajstić information content (AvgIpc) is 2.79. The third kappa shape index (κ3) is 6.33. The fraction of sp³-hybridized carbons (Fsp3) is 0.400. The van der Waals surface area contributed by atoms with Gasteiger partial charge in [-0.1, -0.05) is 6.07 Å². The molecule has 0 spiro atoms. The van der Waals surface area contributed by atoms with Gasteiger partial charge in [-0.15, -0.1) is 0 Å². The van der Waals surface area contributed by atoms with Crippen LogP contribution in [0.25, 0.3) is 0 Å². The largest absolute Gasteiger partial charge is 0.484 e. The molecule has 1 aliphatic rings. The molecular weight excluding hydrogens is 406 g/mol. The normalized spacial score (nSPS) is 13.6. The van der Waals surface area contributed by atoms with Gasteiger partial charge in [-0.25, -0.2) is 0 Å². The van der Waals surface area contributed by atoms with E-state index in [0.29, 0.717) is 22.6 Å². The summed E-state index contributed by atoms with van der Waals surface area (Å²) in [5.74, 6) is 0.0559. The van der Waals surface area contributed by atoms with Gasteiger partial charge in [-0.3, -0.25) is 14.4 Å². The van der Waals surface area contributed by atoms with Crippen LogP contribution >= 0.6 is 0 Å². The summed E-state index contributed by atoms with van der Waals surface area (Å²) in [6.45, 7) is 7.24. The van der Waals surface area contributed by atoms with E-state index >= 15 is 0 Å². The van der Waals surface area contributed by atoms with Crippen LogP contribution in [0.2, 0.25) is 0 Å². The molecule has 1 aliphatic heterocycles. The molecule has 0 radical (unpaired) electrons. The van der Waals surface area contributed by atoms with Crippen molar-refractivity contribution >= 4 is 23.4 Å². The Morgan fingerprint density at radius 1 is 0.938 bits per heavy atom. The molecule has 2 N–H and O–H groups in total. The van der Waals surface area contributed by atoms with Crippen LogP contribution < -0.4 is 15.4 Å². The first-order valence-electron chi connectivity index (χ1n) is 11.1. The lowest BCUT2D eigenvalue weighted by atomic mass is 10.1. The Kier molecular flexibility index (Phi) is 7.87. The van der Waals surface area contributed by atoms with Crippen molar-refractivity contribution in [3.63, 3.8) is 0 Å². The van der Waals surface area contributed by atoms with Gasteiger partial charge in [0.2, 0.25) is 0 Å². The molecule has 0 saturated carbocycles. The monoisotopic (exact) mass is 437 g/mol. The zero-order valence-electron chi connectivity index (χ0n) is 18.9. The number of ether oxygens (including phenoxy) is 1. The summed E-state index contributed by atoms with van der Waals surface area (Å²) in [5, 5.41) is 5.71. The number of nitrogens with zero attached hydrogens (tertiary/aromatic N) is 1. The van der Waals surface area contributed by atoms with Crippen molar-refractivity contribution in [2.45, 2.75) is 46.1 Å². The molecule has 0 bridgehead atoms. The maximum absolute atomic E-state index is 12.7. The molecule has 2 aromatic rings. The summed E-state index contributed by atoms with van der Waals surface area (Å²) in [7, 11) is 0. The smallest absolute Gasteiger partial charge is 0.260 e. The van der Waals surface area contributed by atoms with E-state index in [1.54, 1.807) is 42.5 Å². The summed E-state index contributed by atoms with van der Waals surface area (Å²) in [6, 6.07) is 11.9. The number of rotatable bonds is 7. The number of hydrogen-bond donors (Lipinski definition) is 2. The Balaban J connectivity index is 1.58. The second-order valence-electron chi connectivity index (χ2n) is 8.37. The lowest BCUT2D eigenvalue weighted by Crippen LogP contribution is -2.38. The van der Waals surface area contributed by atoms with E-state index < -0.39 is 0 Å². The number of carbonyl (C=O) groups excluding carboxylic acids is 3. The third-order valence-electron chi connectivity index (χ3n) is 5.36. The molecule has 7 heteroatoms. The first kappa shape index (κ1) is 23.3. The van der Waals surface area contributed by atoms with E-state index in [1.807, 2.05) is 25.7 Å². The molecule has 0 aromatic heterocycles. The molecular formula is C25H31N3O4. The number of aryl methyl sites for hydroxylation is 1. The van der Waals surface area contributed by atoms with Crippen molar-refractivity contribution in [1.29, 1.82) is 0 Å². The summed E-state index contributed by atoms with van der Waals surface area (Å²) in [6.07, 6.45) is 3.25. The lowest BCUT2D eigenvalue weighted by Gasteiger charge is -2.26. The standard InChI is InChI=1S/C25H31N3O4/c1-17(2)26-25(31)20-8-7-18(3)22(15-20)27-24(30)19-9-11-21(12-10-19)32-16-23(29)28-13-5-4-6-14-28/h7-12,15,17H,4-6,13-14,16H2,1-3H3,(H,26,31)(H,27,30). The molecule has 1 fully saturated rings. The summed E-state index contributed by atoms with van der Waals surface area (Å²) in [4.78, 5) is 39.0. The van der Waals surface area contributed by atoms with Crippen LogP contribution in [0.15, 0.2) is 42.5 Å². The second kappa shape index (κ2) is 10.8. The summed E-state index contributed by atoms with van der Waals surface area (Å²) in [5.41, 5.74) is 2.38. The molecule has 2 aromatic carbocycles. The Morgan fingerprint density at radius 2 is 1.59 bits per heavy atom. The van der Waals surface area contributed by atoms with Gasteiger partial charge in [0.25, 0.3) is 17.7 Å². The maximum atomic E-state index is 12.7. The van der Waals surface area contributed by atoms with Crippen molar-refractivity contribution in [2.24, 2.45) is 0 Å². The number of anilines is 1. The molecule has 170 valence electrons. The van der Waals surface area contributed by atoms with Gasteiger partial charge in [-0.2, -0.15) is 0 Å². The molecule has 3 rings (SSSR count). The first-order chi connectivity index (χ1) is 15.3. The number of likely N-dealkylation sites (tertiary alicyclic amines) is 1. The second-order valence-corrected chi connectivity index (χ2v) is 8.37. The van der Waals surface area contributed by atoms with Crippen molar-refractivity contribution in [2.75, 3.05) is 25.0 Å². The van der Waals surface area contributed by atoms with Gasteiger partial charge >= 0.3 is 0 Å². The van der Waals surface area contributed by atoms with Crippen molar-refractivity contribution in [1.82, 2.24) is 10.2 Å². The number of benzene rings is 2. The van der Waals surface area contributed by atoms with Crippen LogP contribution in [0.1, 0.15) is 59.4 Å². The SMILES string of the molecule is Cc1ccc(C(=O)NC(C)C)cc1NC(=O)c1ccc(OCC(=O)N2CCCCC2)cc1. The minimum Gasteiger partial charge on any atom is -0.484 e. The van der Waals surface area contributed by atoms with Gasteiger partial charge in [0.1, 0.15) is 5.75 Å². The van der Waals surface area contributed by atoms with E-state index in [2.05, 4.69) is 10.6 Å². The highest BCUT2D eigenvalue weighted by atomic mass is 16.5. The average molecular weight is 438 g/mol. The van der Waals surface area contributed by atoms with Crippen LogP contribution in [0.5, 0.6) is 5.75 Å². The molecule has 3 amide bonds. The van der Waals surface area contributed by atoms with Gasteiger partial charge in [0, 0.05) is 35.9 Å². The number of piperidine rings is 1. The summed E-state index contributed by atoms with van der Waals surface area (Å²) >= 11 is 0. The number of nitrogens with one attached hydrogen (secondary N) is 2. The van der Waals surface area contributed by atoms with E-state index in [0.717, 1.165) is 31.5 Å². The highest BCUT2D eigenvalue weighted by Crippen LogP contribution is 2.19. The number of hydrogen-bond acceptors (Lipinski definition) is 4. The number of amides is 3. The fourth-order valence-corrected chi connectivity index (χ4v) is 3.52. The van der Waals surface area contributed by atoms with Crippen LogP contribution in [-0.2, 0) is 4.79 Å². The molecule has 1 heterocycles.